The minimum Gasteiger partial charge on any atom is -0.494 e. The van der Waals surface area contributed by atoms with E-state index in [1.54, 1.807) is 0 Å². The molecule has 0 amide bonds. The van der Waals surface area contributed by atoms with Crippen LogP contribution in [0.3, 0.4) is 0 Å². The van der Waals surface area contributed by atoms with E-state index in [4.69, 9.17) is 10.5 Å². The Kier molecular flexibility index (Phi) is 4.40. The summed E-state index contributed by atoms with van der Waals surface area (Å²) in [6, 6.07) is 8.73. The van der Waals surface area contributed by atoms with E-state index in [1.165, 1.54) is 24.9 Å². The molecule has 0 aromatic heterocycles. The summed E-state index contributed by atoms with van der Waals surface area (Å²) in [5, 5.41) is 0. The van der Waals surface area contributed by atoms with Gasteiger partial charge in [0.25, 0.3) is 0 Å². The molecule has 94 valence electrons. The second-order valence-corrected chi connectivity index (χ2v) is 4.71. The Morgan fingerprint density at radius 2 is 2.12 bits per heavy atom. The van der Waals surface area contributed by atoms with Crippen molar-refractivity contribution in [1.29, 1.82) is 0 Å². The summed E-state index contributed by atoms with van der Waals surface area (Å²) in [4.78, 5) is 2.43. The van der Waals surface area contributed by atoms with Crippen molar-refractivity contribution in [2.24, 2.45) is 5.73 Å². The number of hydrogen-bond donors (Lipinski definition) is 1. The Morgan fingerprint density at radius 3 is 2.76 bits per heavy atom. The molecule has 1 fully saturated rings. The number of hydrogen-bond acceptors (Lipinski definition) is 3. The molecule has 1 aromatic rings. The molecular formula is C14H22N2O. The zero-order chi connectivity index (χ0) is 12.1. The third-order valence-electron chi connectivity index (χ3n) is 3.18. The van der Waals surface area contributed by atoms with Crippen LogP contribution in [0.15, 0.2) is 24.3 Å². The normalized spacial score (nSPS) is 21.4. The monoisotopic (exact) mass is 234 g/mol. The quantitative estimate of drug-likeness (QED) is 0.866. The molecule has 1 saturated heterocycles. The number of nitrogens with zero attached hydrogens (tertiary/aromatic N) is 1. The van der Waals surface area contributed by atoms with Crippen molar-refractivity contribution in [3.8, 4) is 5.75 Å². The number of benzene rings is 1. The molecule has 3 heteroatoms. The van der Waals surface area contributed by atoms with Crippen molar-refractivity contribution in [2.45, 2.75) is 32.4 Å². The fourth-order valence-corrected chi connectivity index (χ4v) is 2.35. The van der Waals surface area contributed by atoms with E-state index in [9.17, 15) is 0 Å². The maximum absolute atomic E-state index is 5.98. The highest BCUT2D eigenvalue weighted by Crippen LogP contribution is 2.16. The topological polar surface area (TPSA) is 38.5 Å². The first-order valence-corrected chi connectivity index (χ1v) is 6.47. The molecule has 3 nitrogen and oxygen atoms in total. The number of piperidine rings is 1. The molecule has 1 aromatic carbocycles. The van der Waals surface area contributed by atoms with Gasteiger partial charge in [0.2, 0.25) is 0 Å². The Labute approximate surface area is 104 Å². The maximum Gasteiger partial charge on any atom is 0.119 e. The Hall–Kier alpha value is -1.06. The number of nitrogens with two attached hydrogens (primary N) is 1. The van der Waals surface area contributed by atoms with Gasteiger partial charge in [0.15, 0.2) is 0 Å². The van der Waals surface area contributed by atoms with Crippen molar-refractivity contribution in [3.63, 3.8) is 0 Å². The van der Waals surface area contributed by atoms with Crippen molar-refractivity contribution < 1.29 is 4.74 Å². The van der Waals surface area contributed by atoms with Crippen LogP contribution in [0, 0.1) is 0 Å². The number of ether oxygens (including phenoxy) is 1. The summed E-state index contributed by atoms with van der Waals surface area (Å²) < 4.78 is 5.43. The molecule has 1 heterocycles. The van der Waals surface area contributed by atoms with Gasteiger partial charge in [-0.25, -0.2) is 0 Å². The molecule has 0 aliphatic carbocycles. The highest BCUT2D eigenvalue weighted by molar-refractivity contribution is 5.27. The zero-order valence-electron chi connectivity index (χ0n) is 10.6. The zero-order valence-corrected chi connectivity index (χ0v) is 10.6. The molecular weight excluding hydrogens is 212 g/mol. The van der Waals surface area contributed by atoms with Gasteiger partial charge in [-0.05, 0) is 44.0 Å². The standard InChI is InChI=1S/C14H22N2O/c1-2-17-14-7-5-12(6-8-14)10-16-9-3-4-13(15)11-16/h5-8,13H,2-4,9-11,15H2,1H3/t13-/m0/s1. The van der Waals surface area contributed by atoms with E-state index in [0.717, 1.165) is 25.4 Å². The first-order valence-electron chi connectivity index (χ1n) is 6.47. The van der Waals surface area contributed by atoms with Crippen molar-refractivity contribution >= 4 is 0 Å². The summed E-state index contributed by atoms with van der Waals surface area (Å²) >= 11 is 0. The Morgan fingerprint density at radius 1 is 1.35 bits per heavy atom. The van der Waals surface area contributed by atoms with E-state index in [2.05, 4.69) is 17.0 Å². The van der Waals surface area contributed by atoms with Crippen LogP contribution in [0.5, 0.6) is 5.75 Å². The third kappa shape index (κ3) is 3.72. The van der Waals surface area contributed by atoms with Crippen molar-refractivity contribution in [1.82, 2.24) is 4.90 Å². The van der Waals surface area contributed by atoms with Gasteiger partial charge < -0.3 is 10.5 Å². The summed E-state index contributed by atoms with van der Waals surface area (Å²) in [5.74, 6) is 0.951. The molecule has 0 spiro atoms. The van der Waals surface area contributed by atoms with Crippen LogP contribution in [0.1, 0.15) is 25.3 Å². The van der Waals surface area contributed by atoms with E-state index in [0.29, 0.717) is 6.04 Å². The molecule has 0 bridgehead atoms. The lowest BCUT2D eigenvalue weighted by Crippen LogP contribution is -2.42. The number of rotatable bonds is 4. The summed E-state index contributed by atoms with van der Waals surface area (Å²) in [6.07, 6.45) is 2.39. The largest absolute Gasteiger partial charge is 0.494 e. The van der Waals surface area contributed by atoms with Gasteiger partial charge >= 0.3 is 0 Å². The molecule has 2 N–H and O–H groups in total. The van der Waals surface area contributed by atoms with Gasteiger partial charge in [-0.3, -0.25) is 4.90 Å². The molecule has 17 heavy (non-hydrogen) atoms. The minimum absolute atomic E-state index is 0.353. The molecule has 1 atom stereocenters. The van der Waals surface area contributed by atoms with Gasteiger partial charge in [0.1, 0.15) is 5.75 Å². The molecule has 0 radical (unpaired) electrons. The average molecular weight is 234 g/mol. The lowest BCUT2D eigenvalue weighted by atomic mass is 10.1. The van der Waals surface area contributed by atoms with Gasteiger partial charge in [-0.15, -0.1) is 0 Å². The fraction of sp³-hybridized carbons (Fsp3) is 0.571. The molecule has 0 saturated carbocycles. The fourth-order valence-electron chi connectivity index (χ4n) is 2.35. The minimum atomic E-state index is 0.353. The lowest BCUT2D eigenvalue weighted by molar-refractivity contribution is 0.201. The molecule has 1 aliphatic rings. The predicted octanol–water partition coefficient (Wildman–Crippen LogP) is 2.01. The van der Waals surface area contributed by atoms with E-state index in [-0.39, 0.29) is 0 Å². The summed E-state index contributed by atoms with van der Waals surface area (Å²) in [5.41, 5.74) is 7.32. The van der Waals surface area contributed by atoms with Crippen LogP contribution in [0.4, 0.5) is 0 Å². The Balaban J connectivity index is 1.89. The SMILES string of the molecule is CCOc1ccc(CN2CCC[C@H](N)C2)cc1. The van der Waals surface area contributed by atoms with Gasteiger partial charge in [0, 0.05) is 19.1 Å². The smallest absolute Gasteiger partial charge is 0.119 e. The summed E-state index contributed by atoms with van der Waals surface area (Å²) in [6.45, 7) is 5.91. The maximum atomic E-state index is 5.98. The van der Waals surface area contributed by atoms with Crippen molar-refractivity contribution in [3.05, 3.63) is 29.8 Å². The highest BCUT2D eigenvalue weighted by atomic mass is 16.5. The van der Waals surface area contributed by atoms with Gasteiger partial charge in [-0.1, -0.05) is 12.1 Å². The van der Waals surface area contributed by atoms with Gasteiger partial charge in [0.05, 0.1) is 6.61 Å². The predicted molar refractivity (Wildman–Crippen MR) is 70.1 cm³/mol. The van der Waals surface area contributed by atoms with E-state index in [1.807, 2.05) is 19.1 Å². The molecule has 2 rings (SSSR count). The Bertz CT molecular complexity index is 337. The van der Waals surface area contributed by atoms with Crippen LogP contribution in [-0.2, 0) is 6.54 Å². The van der Waals surface area contributed by atoms with E-state index >= 15 is 0 Å². The van der Waals surface area contributed by atoms with Gasteiger partial charge in [-0.2, -0.15) is 0 Å². The first kappa shape index (κ1) is 12.4. The van der Waals surface area contributed by atoms with Crippen LogP contribution < -0.4 is 10.5 Å². The average Bonchev–Trinajstić information content (AvgIpc) is 2.32. The first-order chi connectivity index (χ1) is 8.28. The molecule has 0 unspecified atom stereocenters. The lowest BCUT2D eigenvalue weighted by Gasteiger charge is -2.30. The van der Waals surface area contributed by atoms with Crippen LogP contribution in [-0.4, -0.2) is 30.6 Å². The van der Waals surface area contributed by atoms with Crippen LogP contribution in [0.2, 0.25) is 0 Å². The highest BCUT2D eigenvalue weighted by Gasteiger charge is 2.16. The van der Waals surface area contributed by atoms with Crippen molar-refractivity contribution in [2.75, 3.05) is 19.7 Å². The number of likely N-dealkylation sites (tertiary alicyclic amines) is 1. The van der Waals surface area contributed by atoms with Crippen LogP contribution >= 0.6 is 0 Å². The van der Waals surface area contributed by atoms with Crippen LogP contribution in [0.25, 0.3) is 0 Å². The summed E-state index contributed by atoms with van der Waals surface area (Å²) in [7, 11) is 0. The second-order valence-electron chi connectivity index (χ2n) is 4.71. The molecule has 1 aliphatic heterocycles. The second kappa shape index (κ2) is 6.03. The van der Waals surface area contributed by atoms with E-state index < -0.39 is 0 Å². The third-order valence-corrected chi connectivity index (χ3v) is 3.18.